The lowest BCUT2D eigenvalue weighted by Gasteiger charge is -2.32. The Balaban J connectivity index is 1.55. The van der Waals surface area contributed by atoms with Crippen LogP contribution in [-0.2, 0) is 12.6 Å². The second-order valence-corrected chi connectivity index (χ2v) is 8.15. The Morgan fingerprint density at radius 3 is 2.50 bits per heavy atom. The fourth-order valence-corrected chi connectivity index (χ4v) is 4.32. The number of aromatic nitrogens is 2. The molecular weight excluding hydrogens is 415 g/mol. The number of halogens is 4. The number of carbonyl (C=O) groups is 1. The molecule has 1 amide bonds. The normalized spacial score (nSPS) is 15.7. The number of rotatable bonds is 3. The van der Waals surface area contributed by atoms with Crippen LogP contribution < -0.4 is 0 Å². The van der Waals surface area contributed by atoms with Crippen molar-refractivity contribution in [3.05, 3.63) is 70.1 Å². The van der Waals surface area contributed by atoms with Gasteiger partial charge < -0.3 is 4.90 Å². The molecule has 0 saturated carbocycles. The summed E-state index contributed by atoms with van der Waals surface area (Å²) in [5, 5.41) is -0.131. The summed E-state index contributed by atoms with van der Waals surface area (Å²) >= 11 is 6.03. The predicted octanol–water partition coefficient (Wildman–Crippen LogP) is 5.41. The largest absolute Gasteiger partial charge is 0.417 e. The third kappa shape index (κ3) is 4.03. The van der Waals surface area contributed by atoms with Gasteiger partial charge in [-0.25, -0.2) is 4.98 Å². The van der Waals surface area contributed by atoms with E-state index >= 15 is 0 Å². The fraction of sp³-hybridized carbons (Fsp3) is 0.364. The molecule has 1 saturated heterocycles. The number of pyridine rings is 1. The zero-order valence-corrected chi connectivity index (χ0v) is 17.2. The Morgan fingerprint density at radius 2 is 1.87 bits per heavy atom. The summed E-state index contributed by atoms with van der Waals surface area (Å²) < 4.78 is 40.9. The first-order valence-corrected chi connectivity index (χ1v) is 10.2. The van der Waals surface area contributed by atoms with Crippen molar-refractivity contribution in [3.8, 4) is 0 Å². The van der Waals surface area contributed by atoms with Crippen LogP contribution >= 0.6 is 11.6 Å². The van der Waals surface area contributed by atoms with Gasteiger partial charge in [-0.05, 0) is 43.7 Å². The maximum atomic E-state index is 13.2. The number of hydrogen-bond acceptors (Lipinski definition) is 2. The van der Waals surface area contributed by atoms with Crippen LogP contribution in [0.5, 0.6) is 0 Å². The van der Waals surface area contributed by atoms with Crippen molar-refractivity contribution in [2.75, 3.05) is 13.1 Å². The highest BCUT2D eigenvalue weighted by Gasteiger charge is 2.34. The molecule has 30 heavy (non-hydrogen) atoms. The first kappa shape index (κ1) is 20.7. The molecule has 0 bridgehead atoms. The van der Waals surface area contributed by atoms with Gasteiger partial charge in [-0.2, -0.15) is 13.2 Å². The van der Waals surface area contributed by atoms with Crippen LogP contribution in [-0.4, -0.2) is 33.3 Å². The predicted molar refractivity (Wildman–Crippen MR) is 109 cm³/mol. The number of likely N-dealkylation sites (tertiary alicyclic amines) is 1. The molecule has 3 heterocycles. The Bertz CT molecular complexity index is 1070. The standard InChI is InChI=1S/C22H21ClF3N3O/c1-14-19(29-13-17(22(24,25)26)12-18(23)20(29)27-14)21(30)28-9-7-16(8-10-28)11-15-5-3-2-4-6-15/h2-6,12-13,16H,7-11H2,1H3. The van der Waals surface area contributed by atoms with Crippen molar-refractivity contribution in [1.82, 2.24) is 14.3 Å². The van der Waals surface area contributed by atoms with Crippen molar-refractivity contribution in [2.24, 2.45) is 5.92 Å². The van der Waals surface area contributed by atoms with E-state index in [-0.39, 0.29) is 22.3 Å². The van der Waals surface area contributed by atoms with Gasteiger partial charge in [0.2, 0.25) is 0 Å². The van der Waals surface area contributed by atoms with Gasteiger partial charge in [0.25, 0.3) is 5.91 Å². The molecule has 0 radical (unpaired) electrons. The number of amides is 1. The molecule has 1 fully saturated rings. The van der Waals surface area contributed by atoms with Gasteiger partial charge >= 0.3 is 6.18 Å². The van der Waals surface area contributed by atoms with Crippen LogP contribution in [0.15, 0.2) is 42.6 Å². The lowest BCUT2D eigenvalue weighted by Crippen LogP contribution is -2.39. The topological polar surface area (TPSA) is 37.6 Å². The van der Waals surface area contributed by atoms with Crippen LogP contribution in [0.25, 0.3) is 5.65 Å². The van der Waals surface area contributed by atoms with Gasteiger partial charge in [0.05, 0.1) is 16.3 Å². The summed E-state index contributed by atoms with van der Waals surface area (Å²) in [6, 6.07) is 11.1. The maximum Gasteiger partial charge on any atom is 0.417 e. The molecule has 0 aliphatic carbocycles. The zero-order chi connectivity index (χ0) is 21.5. The number of alkyl halides is 3. The van der Waals surface area contributed by atoms with Crippen molar-refractivity contribution in [3.63, 3.8) is 0 Å². The maximum absolute atomic E-state index is 13.2. The van der Waals surface area contributed by atoms with Crippen LogP contribution in [0.2, 0.25) is 5.02 Å². The number of piperidine rings is 1. The molecule has 1 aliphatic heterocycles. The number of hydrogen-bond donors (Lipinski definition) is 0. The van der Waals surface area contributed by atoms with E-state index in [0.29, 0.717) is 24.7 Å². The third-order valence-electron chi connectivity index (χ3n) is 5.65. The number of aryl methyl sites for hydroxylation is 1. The van der Waals surface area contributed by atoms with Gasteiger partial charge in [-0.15, -0.1) is 0 Å². The van der Waals surface area contributed by atoms with Crippen LogP contribution in [0.3, 0.4) is 0 Å². The Labute approximate surface area is 177 Å². The van der Waals surface area contributed by atoms with E-state index in [9.17, 15) is 18.0 Å². The molecule has 1 aromatic carbocycles. The monoisotopic (exact) mass is 435 g/mol. The van der Waals surface area contributed by atoms with Crippen LogP contribution in [0.1, 0.15) is 40.2 Å². The molecule has 4 nitrogen and oxygen atoms in total. The second kappa shape index (κ2) is 7.95. The van der Waals surface area contributed by atoms with Crippen molar-refractivity contribution in [2.45, 2.75) is 32.4 Å². The van der Waals surface area contributed by atoms with Gasteiger partial charge in [0.1, 0.15) is 5.69 Å². The average molecular weight is 436 g/mol. The lowest BCUT2D eigenvalue weighted by atomic mass is 9.90. The van der Waals surface area contributed by atoms with E-state index in [2.05, 4.69) is 17.1 Å². The molecule has 0 unspecified atom stereocenters. The van der Waals surface area contributed by atoms with Crippen molar-refractivity contribution >= 4 is 23.2 Å². The van der Waals surface area contributed by atoms with E-state index in [4.69, 9.17) is 11.6 Å². The molecule has 0 atom stereocenters. The molecule has 0 N–H and O–H groups in total. The quantitative estimate of drug-likeness (QED) is 0.551. The summed E-state index contributed by atoms with van der Waals surface area (Å²) in [5.41, 5.74) is 1.03. The van der Waals surface area contributed by atoms with E-state index in [0.717, 1.165) is 31.5 Å². The number of imidazole rings is 1. The minimum atomic E-state index is -4.56. The van der Waals surface area contributed by atoms with Gasteiger partial charge in [0, 0.05) is 19.3 Å². The van der Waals surface area contributed by atoms with Crippen molar-refractivity contribution in [1.29, 1.82) is 0 Å². The van der Waals surface area contributed by atoms with Gasteiger partial charge in [0.15, 0.2) is 5.65 Å². The fourth-order valence-electron chi connectivity index (χ4n) is 4.07. The van der Waals surface area contributed by atoms with E-state index in [1.165, 1.54) is 9.96 Å². The Kier molecular flexibility index (Phi) is 5.49. The summed E-state index contributed by atoms with van der Waals surface area (Å²) in [5.74, 6) is 0.166. The lowest BCUT2D eigenvalue weighted by molar-refractivity contribution is -0.137. The van der Waals surface area contributed by atoms with Gasteiger partial charge in [-0.3, -0.25) is 9.20 Å². The second-order valence-electron chi connectivity index (χ2n) is 7.74. The van der Waals surface area contributed by atoms with E-state index < -0.39 is 11.7 Å². The Hall–Kier alpha value is -2.54. The number of carbonyl (C=O) groups excluding carboxylic acids is 1. The summed E-state index contributed by atoms with van der Waals surface area (Å²) in [4.78, 5) is 19.1. The molecule has 1 aliphatic rings. The van der Waals surface area contributed by atoms with Crippen LogP contribution in [0, 0.1) is 12.8 Å². The highest BCUT2D eigenvalue weighted by molar-refractivity contribution is 6.33. The highest BCUT2D eigenvalue weighted by atomic mass is 35.5. The summed E-state index contributed by atoms with van der Waals surface area (Å²) in [7, 11) is 0. The highest BCUT2D eigenvalue weighted by Crippen LogP contribution is 2.33. The smallest absolute Gasteiger partial charge is 0.337 e. The number of fused-ring (bicyclic) bond motifs is 1. The van der Waals surface area contributed by atoms with Crippen molar-refractivity contribution < 1.29 is 18.0 Å². The van der Waals surface area contributed by atoms with E-state index in [1.54, 1.807) is 11.8 Å². The first-order chi connectivity index (χ1) is 14.2. The molecule has 3 aromatic rings. The molecule has 8 heteroatoms. The summed E-state index contributed by atoms with van der Waals surface area (Å²) in [6.07, 6.45) is -0.999. The number of nitrogens with zero attached hydrogens (tertiary/aromatic N) is 3. The van der Waals surface area contributed by atoms with Crippen LogP contribution in [0.4, 0.5) is 13.2 Å². The average Bonchev–Trinajstić information content (AvgIpc) is 3.05. The number of benzene rings is 1. The van der Waals surface area contributed by atoms with Gasteiger partial charge in [-0.1, -0.05) is 41.9 Å². The summed E-state index contributed by atoms with van der Waals surface area (Å²) in [6.45, 7) is 2.75. The minimum absolute atomic E-state index is 0.131. The molecular formula is C22H21ClF3N3O. The molecule has 4 rings (SSSR count). The van der Waals surface area contributed by atoms with E-state index in [1.807, 2.05) is 18.2 Å². The third-order valence-corrected chi connectivity index (χ3v) is 5.93. The molecule has 158 valence electrons. The minimum Gasteiger partial charge on any atom is -0.337 e. The first-order valence-electron chi connectivity index (χ1n) is 9.82. The molecule has 0 spiro atoms. The molecule has 2 aromatic heterocycles. The SMILES string of the molecule is Cc1nc2c(Cl)cc(C(F)(F)F)cn2c1C(=O)N1CCC(Cc2ccccc2)CC1. The Morgan fingerprint density at radius 1 is 1.20 bits per heavy atom. The zero-order valence-electron chi connectivity index (χ0n) is 16.4.